The average molecular weight is 451 g/mol. The number of hydrogen-bond acceptors (Lipinski definition) is 7. The van der Waals surface area contributed by atoms with Crippen molar-refractivity contribution in [3.8, 4) is 0 Å². The molecule has 166 valence electrons. The van der Waals surface area contributed by atoms with Gasteiger partial charge in [0, 0.05) is 36.9 Å². The fourth-order valence-electron chi connectivity index (χ4n) is 3.92. The molecule has 1 fully saturated rings. The molecule has 4 N–H and O–H groups in total. The van der Waals surface area contributed by atoms with E-state index in [0.717, 1.165) is 42.0 Å². The Bertz CT molecular complexity index is 1120. The van der Waals surface area contributed by atoms with Gasteiger partial charge in [-0.15, -0.1) is 0 Å². The van der Waals surface area contributed by atoms with Gasteiger partial charge in [0.25, 0.3) is 5.91 Å². The molecule has 3 aromatic rings. The Labute approximate surface area is 192 Å². The predicted molar refractivity (Wildman–Crippen MR) is 129 cm³/mol. The largest absolute Gasteiger partial charge is 0.351 e. The number of nitrogens with zero attached hydrogens (tertiary/aromatic N) is 5. The highest BCUT2D eigenvalue weighted by Crippen LogP contribution is 2.25. The highest BCUT2D eigenvalue weighted by atomic mass is 32.1. The molecule has 2 aromatic heterocycles. The van der Waals surface area contributed by atoms with Crippen LogP contribution in [0.1, 0.15) is 24.3 Å². The number of pyridine rings is 1. The number of aromatic nitrogens is 3. The summed E-state index contributed by atoms with van der Waals surface area (Å²) < 4.78 is 0. The maximum atomic E-state index is 11.6. The third kappa shape index (κ3) is 4.46. The van der Waals surface area contributed by atoms with E-state index < -0.39 is 5.91 Å². The lowest BCUT2D eigenvalue weighted by Crippen LogP contribution is -2.58. The van der Waals surface area contributed by atoms with Crippen molar-refractivity contribution >= 4 is 45.6 Å². The van der Waals surface area contributed by atoms with Crippen molar-refractivity contribution < 1.29 is 4.79 Å². The van der Waals surface area contributed by atoms with Crippen LogP contribution in [0.5, 0.6) is 0 Å². The summed E-state index contributed by atoms with van der Waals surface area (Å²) in [6.07, 6.45) is 4.84. The number of hydrogen-bond donors (Lipinski definition) is 3. The molecule has 10 heteroatoms. The Morgan fingerprint density at radius 1 is 1.16 bits per heavy atom. The van der Waals surface area contributed by atoms with Gasteiger partial charge < -0.3 is 15.1 Å². The van der Waals surface area contributed by atoms with Gasteiger partial charge in [-0.1, -0.05) is 19.9 Å². The summed E-state index contributed by atoms with van der Waals surface area (Å²) in [4.78, 5) is 29.0. The second-order valence-electron chi connectivity index (χ2n) is 7.99. The number of nitrogen functional groups attached to an aromatic ring is 1. The molecule has 1 unspecified atom stereocenters. The fourth-order valence-corrected chi connectivity index (χ4v) is 4.25. The Morgan fingerprint density at radius 3 is 2.72 bits per heavy atom. The monoisotopic (exact) mass is 450 g/mol. The Balaban J connectivity index is 1.49. The lowest BCUT2D eigenvalue weighted by molar-refractivity contribution is 0.0948. The summed E-state index contributed by atoms with van der Waals surface area (Å²) in [5.41, 5.74) is 4.13. The van der Waals surface area contributed by atoms with Crippen LogP contribution in [-0.4, -0.2) is 56.5 Å². The zero-order chi connectivity index (χ0) is 22.7. The second kappa shape index (κ2) is 9.41. The summed E-state index contributed by atoms with van der Waals surface area (Å²) in [7, 11) is 0. The van der Waals surface area contributed by atoms with Crippen molar-refractivity contribution in [2.75, 3.05) is 29.9 Å². The van der Waals surface area contributed by atoms with Crippen LogP contribution in [-0.2, 0) is 0 Å². The molecule has 1 saturated heterocycles. The zero-order valence-electron chi connectivity index (χ0n) is 18.0. The number of benzene rings is 1. The van der Waals surface area contributed by atoms with Crippen LogP contribution in [0, 0.1) is 5.92 Å². The Morgan fingerprint density at radius 2 is 2.00 bits per heavy atom. The molecule has 1 aliphatic rings. The molecule has 3 heterocycles. The zero-order valence-corrected chi connectivity index (χ0v) is 18.8. The lowest BCUT2D eigenvalue weighted by Gasteiger charge is -2.45. The molecular formula is C22H26N8OS. The van der Waals surface area contributed by atoms with E-state index in [1.807, 2.05) is 30.3 Å². The number of fused-ring (bicyclic) bond motifs is 1. The molecule has 0 radical (unpaired) electrons. The highest BCUT2D eigenvalue weighted by molar-refractivity contribution is 7.80. The molecule has 1 aliphatic heterocycles. The average Bonchev–Trinajstić information content (AvgIpc) is 2.83. The predicted octanol–water partition coefficient (Wildman–Crippen LogP) is 2.17. The number of nitrogens with two attached hydrogens (primary N) is 1. The summed E-state index contributed by atoms with van der Waals surface area (Å²) in [6.45, 7) is 6.59. The number of anilines is 2. The summed E-state index contributed by atoms with van der Waals surface area (Å²) in [5, 5.41) is 5.17. The second-order valence-corrected chi connectivity index (χ2v) is 8.38. The Hall–Kier alpha value is -3.37. The number of amides is 1. The molecule has 0 saturated carbocycles. The van der Waals surface area contributed by atoms with E-state index in [2.05, 4.69) is 49.3 Å². The van der Waals surface area contributed by atoms with Crippen LogP contribution in [0.4, 0.5) is 11.5 Å². The van der Waals surface area contributed by atoms with Crippen LogP contribution in [0.3, 0.4) is 0 Å². The van der Waals surface area contributed by atoms with Crippen LogP contribution in [0.2, 0.25) is 0 Å². The number of rotatable bonds is 4. The van der Waals surface area contributed by atoms with Crippen LogP contribution < -0.4 is 21.5 Å². The normalized spacial score (nSPS) is 16.3. The lowest BCUT2D eigenvalue weighted by atomic mass is 10.00. The van der Waals surface area contributed by atoms with Gasteiger partial charge in [0.15, 0.2) is 5.11 Å². The summed E-state index contributed by atoms with van der Waals surface area (Å²) in [5.74, 6) is 5.78. The van der Waals surface area contributed by atoms with Crippen molar-refractivity contribution in [3.05, 3.63) is 54.6 Å². The quantitative estimate of drug-likeness (QED) is 0.238. The van der Waals surface area contributed by atoms with Gasteiger partial charge in [0.05, 0.1) is 24.0 Å². The van der Waals surface area contributed by atoms with Crippen molar-refractivity contribution in [1.29, 1.82) is 0 Å². The molecule has 1 amide bonds. The minimum absolute atomic E-state index is 0.185. The summed E-state index contributed by atoms with van der Waals surface area (Å²) >= 11 is 5.82. The SMILES string of the molecule is CC(C)C1CN(c2cnc(C(=O)NN)cn2)CCN1C(=S)Nc1cccc2ncccc12. The highest BCUT2D eigenvalue weighted by Gasteiger charge is 2.31. The van der Waals surface area contributed by atoms with Crippen molar-refractivity contribution in [2.24, 2.45) is 11.8 Å². The van der Waals surface area contributed by atoms with E-state index in [0.29, 0.717) is 11.0 Å². The molecule has 9 nitrogen and oxygen atoms in total. The number of carbonyl (C=O) groups is 1. The first-order valence-corrected chi connectivity index (χ1v) is 10.9. The van der Waals surface area contributed by atoms with Crippen LogP contribution in [0.25, 0.3) is 10.9 Å². The molecule has 4 rings (SSSR count). The van der Waals surface area contributed by atoms with E-state index in [9.17, 15) is 4.79 Å². The van der Waals surface area contributed by atoms with E-state index >= 15 is 0 Å². The first-order chi connectivity index (χ1) is 15.5. The van der Waals surface area contributed by atoms with Gasteiger partial charge in [-0.05, 0) is 42.4 Å². The van der Waals surface area contributed by atoms with Gasteiger partial charge in [-0.2, -0.15) is 0 Å². The maximum Gasteiger partial charge on any atom is 0.285 e. The standard InChI is InChI=1S/C22H26N8OS/c1-14(2)19-13-29(20-12-25-18(11-26-20)21(31)28-23)9-10-30(19)22(32)27-17-7-3-6-16-15(17)5-4-8-24-16/h3-8,11-12,14,19H,9-10,13,23H2,1-2H3,(H,27,32)(H,28,31). The molecule has 1 aromatic carbocycles. The molecule has 32 heavy (non-hydrogen) atoms. The maximum absolute atomic E-state index is 11.6. The fraction of sp³-hybridized carbons (Fsp3) is 0.318. The number of carbonyl (C=O) groups excluding carboxylic acids is 1. The first kappa shape index (κ1) is 21.8. The number of hydrazine groups is 1. The van der Waals surface area contributed by atoms with E-state index in [-0.39, 0.29) is 11.7 Å². The Kier molecular flexibility index (Phi) is 6.42. The van der Waals surface area contributed by atoms with E-state index in [1.165, 1.54) is 6.20 Å². The summed E-state index contributed by atoms with van der Waals surface area (Å²) in [6, 6.07) is 10.1. The smallest absolute Gasteiger partial charge is 0.285 e. The van der Waals surface area contributed by atoms with Gasteiger partial charge in [-0.3, -0.25) is 15.2 Å². The van der Waals surface area contributed by atoms with Crippen molar-refractivity contribution in [1.82, 2.24) is 25.3 Å². The van der Waals surface area contributed by atoms with Crippen LogP contribution in [0.15, 0.2) is 48.9 Å². The molecule has 1 atom stereocenters. The third-order valence-corrected chi connectivity index (χ3v) is 6.00. The topological polar surface area (TPSA) is 112 Å². The van der Waals surface area contributed by atoms with E-state index in [4.69, 9.17) is 18.1 Å². The van der Waals surface area contributed by atoms with Gasteiger partial charge in [0.1, 0.15) is 11.5 Å². The van der Waals surface area contributed by atoms with Gasteiger partial charge >= 0.3 is 0 Å². The van der Waals surface area contributed by atoms with Gasteiger partial charge in [-0.25, -0.2) is 15.8 Å². The molecule has 0 bridgehead atoms. The number of piperazine rings is 1. The van der Waals surface area contributed by atoms with Crippen molar-refractivity contribution in [3.63, 3.8) is 0 Å². The molecular weight excluding hydrogens is 424 g/mol. The minimum atomic E-state index is -0.464. The molecule has 0 spiro atoms. The molecule has 0 aliphatic carbocycles. The third-order valence-electron chi connectivity index (χ3n) is 5.66. The minimum Gasteiger partial charge on any atom is -0.351 e. The first-order valence-electron chi connectivity index (χ1n) is 10.5. The van der Waals surface area contributed by atoms with Gasteiger partial charge in [0.2, 0.25) is 0 Å². The number of nitrogens with one attached hydrogen (secondary N) is 2. The van der Waals surface area contributed by atoms with E-state index in [1.54, 1.807) is 12.4 Å². The number of thiocarbonyl (C=S) groups is 1. The van der Waals surface area contributed by atoms with Crippen LogP contribution >= 0.6 is 12.2 Å². The van der Waals surface area contributed by atoms with Crippen molar-refractivity contribution in [2.45, 2.75) is 19.9 Å².